The maximum Gasteiger partial charge on any atom is 0.328 e. The second-order valence-corrected chi connectivity index (χ2v) is 4.97. The number of halogens is 1. The first-order chi connectivity index (χ1) is 8.45. The van der Waals surface area contributed by atoms with Crippen molar-refractivity contribution < 1.29 is 9.53 Å². The van der Waals surface area contributed by atoms with Crippen molar-refractivity contribution in [3.8, 4) is 0 Å². The summed E-state index contributed by atoms with van der Waals surface area (Å²) < 4.78 is 5.72. The third kappa shape index (κ3) is 3.96. The van der Waals surface area contributed by atoms with E-state index in [1.807, 2.05) is 12.1 Å². The van der Waals surface area contributed by atoms with Crippen LogP contribution in [0.2, 0.25) is 0 Å². The maximum absolute atomic E-state index is 11.5. The maximum atomic E-state index is 11.5. The number of hydrogen-bond donors (Lipinski definition) is 2. The van der Waals surface area contributed by atoms with Gasteiger partial charge in [0.15, 0.2) is 0 Å². The van der Waals surface area contributed by atoms with Crippen LogP contribution in [0.15, 0.2) is 22.7 Å². The summed E-state index contributed by atoms with van der Waals surface area (Å²) in [7, 11) is 0. The molecule has 0 saturated heterocycles. The Labute approximate surface area is 120 Å². The second-order valence-electron chi connectivity index (χ2n) is 3.68. The molecule has 98 valence electrons. The van der Waals surface area contributed by atoms with Gasteiger partial charge in [-0.25, -0.2) is 4.79 Å². The second kappa shape index (κ2) is 6.70. The lowest BCUT2D eigenvalue weighted by Gasteiger charge is -2.15. The van der Waals surface area contributed by atoms with E-state index >= 15 is 0 Å². The van der Waals surface area contributed by atoms with Crippen LogP contribution in [0.4, 0.5) is 5.69 Å². The Kier molecular flexibility index (Phi) is 5.55. The summed E-state index contributed by atoms with van der Waals surface area (Å²) in [6.45, 7) is 3.88. The van der Waals surface area contributed by atoms with E-state index in [4.69, 9.17) is 22.7 Å². The van der Waals surface area contributed by atoms with Crippen LogP contribution >= 0.6 is 28.1 Å². The number of rotatable bonds is 5. The van der Waals surface area contributed by atoms with E-state index < -0.39 is 6.04 Å². The smallest absolute Gasteiger partial charge is 0.328 e. The Bertz CT molecular complexity index is 465. The SMILES string of the molecule is CCOC(=O)C(C)Nc1ccc(C(N)=S)cc1Br. The minimum Gasteiger partial charge on any atom is -0.464 e. The number of hydrogen-bond acceptors (Lipinski definition) is 4. The third-order valence-corrected chi connectivity index (χ3v) is 3.16. The predicted molar refractivity (Wildman–Crippen MR) is 79.7 cm³/mol. The summed E-state index contributed by atoms with van der Waals surface area (Å²) in [5.41, 5.74) is 7.10. The van der Waals surface area contributed by atoms with Gasteiger partial charge in [-0.3, -0.25) is 0 Å². The molecule has 0 radical (unpaired) electrons. The van der Waals surface area contributed by atoms with Crippen molar-refractivity contribution in [2.45, 2.75) is 19.9 Å². The Balaban J connectivity index is 2.79. The van der Waals surface area contributed by atoms with Crippen molar-refractivity contribution in [1.29, 1.82) is 0 Å². The molecule has 18 heavy (non-hydrogen) atoms. The zero-order chi connectivity index (χ0) is 13.7. The summed E-state index contributed by atoms with van der Waals surface area (Å²) in [5.74, 6) is -0.289. The molecular formula is C12H15BrN2O2S. The number of benzene rings is 1. The molecule has 0 aliphatic heterocycles. The average Bonchev–Trinajstić information content (AvgIpc) is 2.31. The quantitative estimate of drug-likeness (QED) is 0.641. The molecule has 3 N–H and O–H groups in total. The molecule has 0 aromatic heterocycles. The molecule has 0 heterocycles. The van der Waals surface area contributed by atoms with E-state index in [2.05, 4.69) is 21.2 Å². The highest BCUT2D eigenvalue weighted by molar-refractivity contribution is 9.10. The molecule has 1 rings (SSSR count). The molecule has 1 atom stereocenters. The number of ether oxygens (including phenoxy) is 1. The minimum absolute atomic E-state index is 0.289. The molecule has 4 nitrogen and oxygen atoms in total. The number of esters is 1. The first-order valence-corrected chi connectivity index (χ1v) is 6.68. The van der Waals surface area contributed by atoms with Crippen molar-refractivity contribution in [3.05, 3.63) is 28.2 Å². The number of carbonyl (C=O) groups is 1. The highest BCUT2D eigenvalue weighted by atomic mass is 79.9. The summed E-state index contributed by atoms with van der Waals surface area (Å²) in [5, 5.41) is 3.06. The van der Waals surface area contributed by atoms with Gasteiger partial charge in [0.05, 0.1) is 6.61 Å². The summed E-state index contributed by atoms with van der Waals surface area (Å²) in [6, 6.07) is 5.00. The number of anilines is 1. The fourth-order valence-electron chi connectivity index (χ4n) is 1.34. The monoisotopic (exact) mass is 330 g/mol. The molecule has 0 bridgehead atoms. The lowest BCUT2D eigenvalue weighted by Crippen LogP contribution is -2.28. The third-order valence-electron chi connectivity index (χ3n) is 2.27. The van der Waals surface area contributed by atoms with Gasteiger partial charge in [-0.05, 0) is 48.0 Å². The topological polar surface area (TPSA) is 64.3 Å². The van der Waals surface area contributed by atoms with Gasteiger partial charge in [0.1, 0.15) is 11.0 Å². The van der Waals surface area contributed by atoms with Crippen LogP contribution in [0, 0.1) is 0 Å². The van der Waals surface area contributed by atoms with E-state index in [9.17, 15) is 4.79 Å². The van der Waals surface area contributed by atoms with Crippen LogP contribution in [0.1, 0.15) is 19.4 Å². The van der Waals surface area contributed by atoms with E-state index in [1.165, 1.54) is 0 Å². The first kappa shape index (κ1) is 14.9. The van der Waals surface area contributed by atoms with E-state index in [1.54, 1.807) is 19.9 Å². The molecule has 0 amide bonds. The fraction of sp³-hybridized carbons (Fsp3) is 0.333. The Morgan fingerprint density at radius 2 is 2.28 bits per heavy atom. The van der Waals surface area contributed by atoms with Crippen molar-refractivity contribution in [2.75, 3.05) is 11.9 Å². The normalized spacial score (nSPS) is 11.7. The molecule has 0 saturated carbocycles. The lowest BCUT2D eigenvalue weighted by atomic mass is 10.2. The van der Waals surface area contributed by atoms with Crippen molar-refractivity contribution in [1.82, 2.24) is 0 Å². The Hall–Kier alpha value is -1.14. The van der Waals surface area contributed by atoms with Crippen molar-refractivity contribution in [3.63, 3.8) is 0 Å². The van der Waals surface area contributed by atoms with E-state index in [0.717, 1.165) is 15.7 Å². The fourth-order valence-corrected chi connectivity index (χ4v) is 1.97. The van der Waals surface area contributed by atoms with Gasteiger partial charge in [-0.15, -0.1) is 0 Å². The van der Waals surface area contributed by atoms with Crippen LogP contribution in [-0.4, -0.2) is 23.6 Å². The highest BCUT2D eigenvalue weighted by Gasteiger charge is 2.14. The molecule has 1 aromatic rings. The van der Waals surface area contributed by atoms with Gasteiger partial charge in [0.25, 0.3) is 0 Å². The zero-order valence-corrected chi connectivity index (χ0v) is 12.6. The van der Waals surface area contributed by atoms with E-state index in [0.29, 0.717) is 11.6 Å². The summed E-state index contributed by atoms with van der Waals surface area (Å²) in [6.07, 6.45) is 0. The molecule has 0 fully saturated rings. The van der Waals surface area contributed by atoms with Gasteiger partial charge in [0, 0.05) is 15.7 Å². The molecule has 0 aliphatic carbocycles. The largest absolute Gasteiger partial charge is 0.464 e. The molecule has 6 heteroatoms. The van der Waals surface area contributed by atoms with E-state index in [-0.39, 0.29) is 5.97 Å². The Morgan fingerprint density at radius 3 is 2.78 bits per heavy atom. The van der Waals surface area contributed by atoms with Crippen molar-refractivity contribution in [2.24, 2.45) is 5.73 Å². The van der Waals surface area contributed by atoms with Gasteiger partial charge < -0.3 is 15.8 Å². The first-order valence-electron chi connectivity index (χ1n) is 5.48. The zero-order valence-electron chi connectivity index (χ0n) is 10.2. The number of thiocarbonyl (C=S) groups is 1. The van der Waals surface area contributed by atoms with Crippen LogP contribution < -0.4 is 11.1 Å². The highest BCUT2D eigenvalue weighted by Crippen LogP contribution is 2.24. The Morgan fingerprint density at radius 1 is 1.61 bits per heavy atom. The van der Waals surface area contributed by atoms with Gasteiger partial charge >= 0.3 is 5.97 Å². The molecule has 0 aliphatic rings. The number of nitrogens with two attached hydrogens (primary N) is 1. The number of carbonyl (C=O) groups excluding carboxylic acids is 1. The molecule has 0 spiro atoms. The van der Waals surface area contributed by atoms with Crippen LogP contribution in [0.25, 0.3) is 0 Å². The molecular weight excluding hydrogens is 316 g/mol. The number of nitrogens with one attached hydrogen (secondary N) is 1. The van der Waals surface area contributed by atoms with Crippen LogP contribution in [0.3, 0.4) is 0 Å². The van der Waals surface area contributed by atoms with Gasteiger partial charge in [-0.1, -0.05) is 12.2 Å². The molecule has 1 unspecified atom stereocenters. The summed E-state index contributed by atoms with van der Waals surface area (Å²) >= 11 is 8.29. The average molecular weight is 331 g/mol. The van der Waals surface area contributed by atoms with Gasteiger partial charge in [-0.2, -0.15) is 0 Å². The lowest BCUT2D eigenvalue weighted by molar-refractivity contribution is -0.143. The summed E-state index contributed by atoms with van der Waals surface area (Å²) in [4.78, 5) is 11.8. The van der Waals surface area contributed by atoms with Crippen LogP contribution in [-0.2, 0) is 9.53 Å². The van der Waals surface area contributed by atoms with Crippen molar-refractivity contribution >= 4 is 44.8 Å². The molecule has 1 aromatic carbocycles. The van der Waals surface area contributed by atoms with Gasteiger partial charge in [0.2, 0.25) is 0 Å². The standard InChI is InChI=1S/C12H15BrN2O2S/c1-3-17-12(16)7(2)15-10-5-4-8(11(14)18)6-9(10)13/h4-7,15H,3H2,1-2H3,(H2,14,18). The van der Waals surface area contributed by atoms with Crippen LogP contribution in [0.5, 0.6) is 0 Å². The predicted octanol–water partition coefficient (Wildman–Crippen LogP) is 2.45. The minimum atomic E-state index is -0.420.